The van der Waals surface area contributed by atoms with E-state index in [1.54, 1.807) is 7.05 Å². The Morgan fingerprint density at radius 2 is 2.40 bits per heavy atom. The number of halogens is 2. The third-order valence-corrected chi connectivity index (χ3v) is 1.08. The van der Waals surface area contributed by atoms with Crippen LogP contribution < -0.4 is 5.32 Å². The van der Waals surface area contributed by atoms with Crippen LogP contribution in [0, 0.1) is 0 Å². The van der Waals surface area contributed by atoms with E-state index in [4.69, 9.17) is 0 Å². The minimum atomic E-state index is -2.50. The van der Waals surface area contributed by atoms with Gasteiger partial charge in [0.25, 0.3) is 0 Å². The molecule has 0 atom stereocenters. The minimum Gasteiger partial charge on any atom is -0.372 e. The molecule has 5 heteroatoms. The first-order valence-corrected chi connectivity index (χ1v) is 2.73. The number of rotatable bonds is 2. The second-order valence-electron chi connectivity index (χ2n) is 1.73. The van der Waals surface area contributed by atoms with Gasteiger partial charge in [0, 0.05) is 7.05 Å². The van der Waals surface area contributed by atoms with E-state index >= 15 is 0 Å². The zero-order valence-electron chi connectivity index (χ0n) is 5.38. The zero-order valence-corrected chi connectivity index (χ0v) is 5.38. The number of hydrogen-bond acceptors (Lipinski definition) is 2. The highest BCUT2D eigenvalue weighted by Crippen LogP contribution is 2.11. The summed E-state index contributed by atoms with van der Waals surface area (Å²) in [5.41, 5.74) is 0. The van der Waals surface area contributed by atoms with Gasteiger partial charge in [0.1, 0.15) is 12.1 Å². The van der Waals surface area contributed by atoms with Crippen molar-refractivity contribution in [1.82, 2.24) is 9.55 Å². The van der Waals surface area contributed by atoms with E-state index in [2.05, 4.69) is 10.3 Å². The van der Waals surface area contributed by atoms with Gasteiger partial charge < -0.3 is 5.32 Å². The van der Waals surface area contributed by atoms with Gasteiger partial charge >= 0.3 is 6.55 Å². The summed E-state index contributed by atoms with van der Waals surface area (Å²) in [7, 11) is 1.62. The summed E-state index contributed by atoms with van der Waals surface area (Å²) in [4.78, 5) is 3.63. The molecule has 0 aromatic carbocycles. The van der Waals surface area contributed by atoms with Gasteiger partial charge in [-0.15, -0.1) is 0 Å². The molecule has 1 aromatic rings. The average molecular weight is 147 g/mol. The molecule has 0 saturated heterocycles. The number of imidazole rings is 1. The summed E-state index contributed by atoms with van der Waals surface area (Å²) in [6.45, 7) is -2.50. The maximum absolute atomic E-state index is 11.8. The van der Waals surface area contributed by atoms with Crippen molar-refractivity contribution in [3.8, 4) is 0 Å². The van der Waals surface area contributed by atoms with Crippen LogP contribution in [0.2, 0.25) is 0 Å². The molecule has 1 aromatic heterocycles. The van der Waals surface area contributed by atoms with Gasteiger partial charge in [-0.05, 0) is 0 Å². The van der Waals surface area contributed by atoms with Crippen LogP contribution in [0.15, 0.2) is 12.5 Å². The van der Waals surface area contributed by atoms with Crippen molar-refractivity contribution >= 4 is 5.82 Å². The Bertz CT molecular complexity index is 208. The number of nitrogens with one attached hydrogen (secondary N) is 1. The summed E-state index contributed by atoms with van der Waals surface area (Å²) in [6, 6.07) is 0. The zero-order chi connectivity index (χ0) is 7.56. The number of hydrogen-bond donors (Lipinski definition) is 1. The fourth-order valence-electron chi connectivity index (χ4n) is 0.573. The molecule has 0 aliphatic heterocycles. The number of anilines is 1. The van der Waals surface area contributed by atoms with E-state index in [1.807, 2.05) is 0 Å². The Morgan fingerprint density at radius 1 is 1.70 bits per heavy atom. The van der Waals surface area contributed by atoms with Crippen LogP contribution in [0.25, 0.3) is 0 Å². The molecule has 0 radical (unpaired) electrons. The first-order chi connectivity index (χ1) is 4.74. The predicted molar refractivity (Wildman–Crippen MR) is 33.0 cm³/mol. The van der Waals surface area contributed by atoms with E-state index in [-0.39, 0.29) is 0 Å². The lowest BCUT2D eigenvalue weighted by atomic mass is 10.7. The standard InChI is InChI=1S/C5H7F2N3/c1-8-4-2-10(3-9-4)5(6)7/h2-3,5,8H,1H3. The fraction of sp³-hybridized carbons (Fsp3) is 0.400. The Labute approximate surface area is 56.7 Å². The van der Waals surface area contributed by atoms with Crippen LogP contribution in [0.3, 0.4) is 0 Å². The van der Waals surface area contributed by atoms with Crippen LogP contribution >= 0.6 is 0 Å². The minimum absolute atomic E-state index is 0.445. The van der Waals surface area contributed by atoms with E-state index in [0.717, 1.165) is 10.9 Å². The number of aromatic nitrogens is 2. The molecule has 10 heavy (non-hydrogen) atoms. The molecule has 0 bridgehead atoms. The lowest BCUT2D eigenvalue weighted by molar-refractivity contribution is 0.0702. The highest BCUT2D eigenvalue weighted by atomic mass is 19.3. The smallest absolute Gasteiger partial charge is 0.319 e. The van der Waals surface area contributed by atoms with Crippen molar-refractivity contribution in [3.05, 3.63) is 12.5 Å². The number of nitrogens with zero attached hydrogens (tertiary/aromatic N) is 2. The largest absolute Gasteiger partial charge is 0.372 e. The lowest BCUT2D eigenvalue weighted by Crippen LogP contribution is -1.92. The first kappa shape index (κ1) is 6.98. The van der Waals surface area contributed by atoms with Gasteiger partial charge in [-0.3, -0.25) is 4.57 Å². The van der Waals surface area contributed by atoms with Gasteiger partial charge in [-0.1, -0.05) is 0 Å². The Balaban J connectivity index is 2.78. The van der Waals surface area contributed by atoms with Crippen molar-refractivity contribution in [3.63, 3.8) is 0 Å². The molecule has 0 saturated carbocycles. The summed E-state index contributed by atoms with van der Waals surface area (Å²) in [5.74, 6) is 0.445. The maximum atomic E-state index is 11.8. The predicted octanol–water partition coefficient (Wildman–Crippen LogP) is 1.32. The van der Waals surface area contributed by atoms with Crippen LogP contribution in [-0.4, -0.2) is 16.6 Å². The van der Waals surface area contributed by atoms with Crippen molar-refractivity contribution in [1.29, 1.82) is 0 Å². The third kappa shape index (κ3) is 1.23. The Kier molecular flexibility index (Phi) is 1.84. The van der Waals surface area contributed by atoms with Gasteiger partial charge in [0.2, 0.25) is 0 Å². The van der Waals surface area contributed by atoms with Crippen LogP contribution in [0.4, 0.5) is 14.6 Å². The molecule has 0 amide bonds. The summed E-state index contributed by atoms with van der Waals surface area (Å²) >= 11 is 0. The molecule has 56 valence electrons. The molecule has 0 aliphatic carbocycles. The molecular weight excluding hydrogens is 140 g/mol. The van der Waals surface area contributed by atoms with E-state index in [1.165, 1.54) is 6.20 Å². The maximum Gasteiger partial charge on any atom is 0.319 e. The van der Waals surface area contributed by atoms with Gasteiger partial charge in [-0.25, -0.2) is 4.98 Å². The van der Waals surface area contributed by atoms with Crippen molar-refractivity contribution in [2.45, 2.75) is 6.55 Å². The van der Waals surface area contributed by atoms with Crippen LogP contribution in [-0.2, 0) is 0 Å². The number of alkyl halides is 2. The third-order valence-electron chi connectivity index (χ3n) is 1.08. The fourth-order valence-corrected chi connectivity index (χ4v) is 0.573. The molecule has 0 fully saturated rings. The Hall–Kier alpha value is -1.13. The molecular formula is C5H7F2N3. The van der Waals surface area contributed by atoms with Crippen molar-refractivity contribution in [2.24, 2.45) is 0 Å². The van der Waals surface area contributed by atoms with Gasteiger partial charge in [0.15, 0.2) is 0 Å². The lowest BCUT2D eigenvalue weighted by Gasteiger charge is -1.95. The summed E-state index contributed by atoms with van der Waals surface area (Å²) in [6.07, 6.45) is 2.32. The van der Waals surface area contributed by atoms with Crippen LogP contribution in [0.1, 0.15) is 6.55 Å². The second kappa shape index (κ2) is 2.64. The Morgan fingerprint density at radius 3 is 2.70 bits per heavy atom. The summed E-state index contributed by atoms with van der Waals surface area (Å²) in [5, 5.41) is 2.64. The van der Waals surface area contributed by atoms with E-state index in [9.17, 15) is 8.78 Å². The van der Waals surface area contributed by atoms with Crippen molar-refractivity contribution < 1.29 is 8.78 Å². The second-order valence-corrected chi connectivity index (χ2v) is 1.73. The molecule has 1 rings (SSSR count). The van der Waals surface area contributed by atoms with Crippen LogP contribution in [0.5, 0.6) is 0 Å². The van der Waals surface area contributed by atoms with Crippen molar-refractivity contribution in [2.75, 3.05) is 12.4 Å². The molecule has 3 nitrogen and oxygen atoms in total. The molecule has 0 spiro atoms. The molecule has 0 aliphatic rings. The average Bonchev–Trinajstić information content (AvgIpc) is 2.34. The topological polar surface area (TPSA) is 29.9 Å². The monoisotopic (exact) mass is 147 g/mol. The molecule has 1 heterocycles. The van der Waals surface area contributed by atoms with E-state index < -0.39 is 6.55 Å². The van der Waals surface area contributed by atoms with Gasteiger partial charge in [0.05, 0.1) is 6.20 Å². The normalized spacial score (nSPS) is 10.4. The molecule has 0 unspecified atom stereocenters. The van der Waals surface area contributed by atoms with E-state index in [0.29, 0.717) is 5.82 Å². The molecule has 1 N–H and O–H groups in total. The summed E-state index contributed by atoms with van der Waals surface area (Å²) < 4.78 is 24.4. The van der Waals surface area contributed by atoms with Gasteiger partial charge in [-0.2, -0.15) is 8.78 Å². The first-order valence-electron chi connectivity index (χ1n) is 2.73. The highest BCUT2D eigenvalue weighted by molar-refractivity contribution is 5.29. The SMILES string of the molecule is CNc1cn(C(F)F)cn1. The quantitative estimate of drug-likeness (QED) is 0.683. The highest BCUT2D eigenvalue weighted by Gasteiger charge is 2.04.